The molecule has 166 valence electrons. The van der Waals surface area contributed by atoms with Crippen molar-refractivity contribution in [3.05, 3.63) is 54.1 Å². The molecule has 1 aliphatic heterocycles. The topological polar surface area (TPSA) is 95.6 Å². The Labute approximate surface area is 183 Å². The summed E-state index contributed by atoms with van der Waals surface area (Å²) in [7, 11) is -3.68. The Hall–Kier alpha value is -2.71. The molecule has 2 aromatic carbocycles. The molecule has 31 heavy (non-hydrogen) atoms. The molecule has 1 heterocycles. The van der Waals surface area contributed by atoms with E-state index >= 15 is 0 Å². The quantitative estimate of drug-likeness (QED) is 0.685. The molecule has 0 radical (unpaired) electrons. The zero-order chi connectivity index (χ0) is 22.6. The van der Waals surface area contributed by atoms with Crippen LogP contribution in [0.4, 0.5) is 11.4 Å². The van der Waals surface area contributed by atoms with Crippen molar-refractivity contribution in [2.45, 2.75) is 50.3 Å². The van der Waals surface area contributed by atoms with Gasteiger partial charge in [-0.05, 0) is 53.8 Å². The molecule has 1 fully saturated rings. The number of nitrogens with zero attached hydrogens (tertiary/aromatic N) is 1. The fourth-order valence-electron chi connectivity index (χ4n) is 3.39. The standard InChI is InChI=1S/C23H29N3O4S/c1-23(2,3)17-6-12-20(13-7-17)31(29,30)24-15-14-21(27)25-18-8-10-19(11-9-18)26-16-4-5-22(26)28/h6-13,24H,4-5,14-16H2,1-3H3,(H,25,27). The van der Waals surface area contributed by atoms with Crippen molar-refractivity contribution < 1.29 is 18.0 Å². The average molecular weight is 444 g/mol. The van der Waals surface area contributed by atoms with Gasteiger partial charge in [0.05, 0.1) is 4.90 Å². The van der Waals surface area contributed by atoms with Gasteiger partial charge in [-0.3, -0.25) is 9.59 Å². The van der Waals surface area contributed by atoms with Crippen molar-refractivity contribution in [2.75, 3.05) is 23.3 Å². The fourth-order valence-corrected chi connectivity index (χ4v) is 4.42. The van der Waals surface area contributed by atoms with E-state index in [0.29, 0.717) is 18.7 Å². The van der Waals surface area contributed by atoms with Crippen LogP contribution in [0.3, 0.4) is 0 Å². The molecule has 1 saturated heterocycles. The Bertz CT molecular complexity index is 1040. The van der Waals surface area contributed by atoms with Crippen LogP contribution in [0.5, 0.6) is 0 Å². The molecule has 1 aliphatic rings. The van der Waals surface area contributed by atoms with E-state index in [2.05, 4.69) is 30.8 Å². The number of benzene rings is 2. The van der Waals surface area contributed by atoms with Crippen molar-refractivity contribution >= 4 is 33.2 Å². The van der Waals surface area contributed by atoms with Gasteiger partial charge in [0.2, 0.25) is 21.8 Å². The van der Waals surface area contributed by atoms with Crippen LogP contribution >= 0.6 is 0 Å². The SMILES string of the molecule is CC(C)(C)c1ccc(S(=O)(=O)NCCC(=O)Nc2ccc(N3CCCC3=O)cc2)cc1. The molecule has 2 amide bonds. The highest BCUT2D eigenvalue weighted by molar-refractivity contribution is 7.89. The molecule has 0 saturated carbocycles. The first-order chi connectivity index (χ1) is 14.6. The first-order valence-electron chi connectivity index (χ1n) is 10.4. The summed E-state index contributed by atoms with van der Waals surface area (Å²) in [5.41, 5.74) is 2.40. The maximum atomic E-state index is 12.4. The summed E-state index contributed by atoms with van der Waals surface area (Å²) in [5.74, 6) is -0.187. The Kier molecular flexibility index (Phi) is 6.81. The summed E-state index contributed by atoms with van der Waals surface area (Å²) in [5, 5.41) is 2.74. The van der Waals surface area contributed by atoms with Crippen LogP contribution in [0, 0.1) is 0 Å². The highest BCUT2D eigenvalue weighted by Crippen LogP contribution is 2.24. The van der Waals surface area contributed by atoms with Crippen molar-refractivity contribution in [2.24, 2.45) is 0 Å². The lowest BCUT2D eigenvalue weighted by Gasteiger charge is -2.19. The largest absolute Gasteiger partial charge is 0.326 e. The van der Waals surface area contributed by atoms with Crippen LogP contribution in [0.1, 0.15) is 45.6 Å². The summed E-state index contributed by atoms with van der Waals surface area (Å²) >= 11 is 0. The minimum absolute atomic E-state index is 0.00441. The lowest BCUT2D eigenvalue weighted by atomic mass is 9.87. The van der Waals surface area contributed by atoms with E-state index in [-0.39, 0.29) is 35.1 Å². The van der Waals surface area contributed by atoms with Crippen LogP contribution in [-0.4, -0.2) is 33.3 Å². The van der Waals surface area contributed by atoms with Crippen LogP contribution in [0.25, 0.3) is 0 Å². The molecule has 0 atom stereocenters. The average Bonchev–Trinajstić information content (AvgIpc) is 3.14. The molecule has 0 aromatic heterocycles. The van der Waals surface area contributed by atoms with Gasteiger partial charge in [0.1, 0.15) is 0 Å². The zero-order valence-corrected chi connectivity index (χ0v) is 19.0. The monoisotopic (exact) mass is 443 g/mol. The zero-order valence-electron chi connectivity index (χ0n) is 18.1. The second-order valence-electron chi connectivity index (χ2n) is 8.67. The summed E-state index contributed by atoms with van der Waals surface area (Å²) in [6.07, 6.45) is 1.43. The minimum atomic E-state index is -3.68. The molecule has 3 rings (SSSR count). The maximum Gasteiger partial charge on any atom is 0.240 e. The Morgan fingerprint density at radius 2 is 1.68 bits per heavy atom. The van der Waals surface area contributed by atoms with Gasteiger partial charge in [-0.1, -0.05) is 32.9 Å². The number of sulfonamides is 1. The number of carbonyl (C=O) groups excluding carboxylic acids is 2. The van der Waals surface area contributed by atoms with E-state index in [1.165, 1.54) is 0 Å². The van der Waals surface area contributed by atoms with E-state index in [0.717, 1.165) is 17.7 Å². The number of hydrogen-bond donors (Lipinski definition) is 2. The van der Waals surface area contributed by atoms with Gasteiger partial charge in [0.15, 0.2) is 0 Å². The molecular formula is C23H29N3O4S. The predicted molar refractivity (Wildman–Crippen MR) is 122 cm³/mol. The lowest BCUT2D eigenvalue weighted by molar-refractivity contribution is -0.117. The number of hydrogen-bond acceptors (Lipinski definition) is 4. The Morgan fingerprint density at radius 3 is 2.23 bits per heavy atom. The summed E-state index contributed by atoms with van der Waals surface area (Å²) in [4.78, 5) is 25.9. The van der Waals surface area contributed by atoms with Crippen molar-refractivity contribution in [3.63, 3.8) is 0 Å². The highest BCUT2D eigenvalue weighted by Gasteiger charge is 2.21. The Morgan fingerprint density at radius 1 is 1.03 bits per heavy atom. The molecule has 0 aliphatic carbocycles. The van der Waals surface area contributed by atoms with Crippen LogP contribution in [-0.2, 0) is 25.0 Å². The summed E-state index contributed by atoms with van der Waals surface area (Å²) < 4.78 is 27.4. The molecule has 0 unspecified atom stereocenters. The summed E-state index contributed by atoms with van der Waals surface area (Å²) in [6, 6.07) is 13.8. The van der Waals surface area contributed by atoms with Gasteiger partial charge in [0.25, 0.3) is 0 Å². The molecule has 0 bridgehead atoms. The first-order valence-corrected chi connectivity index (χ1v) is 11.8. The van der Waals surface area contributed by atoms with E-state index in [1.807, 2.05) is 0 Å². The van der Waals surface area contributed by atoms with Gasteiger partial charge in [-0.25, -0.2) is 13.1 Å². The number of carbonyl (C=O) groups is 2. The molecule has 7 nitrogen and oxygen atoms in total. The number of rotatable bonds is 7. The number of amides is 2. The molecule has 0 spiro atoms. The normalized spacial score (nSPS) is 14.7. The number of anilines is 2. The number of nitrogens with one attached hydrogen (secondary N) is 2. The van der Waals surface area contributed by atoms with E-state index in [1.54, 1.807) is 53.4 Å². The van der Waals surface area contributed by atoms with Gasteiger partial charge < -0.3 is 10.2 Å². The smallest absolute Gasteiger partial charge is 0.240 e. The van der Waals surface area contributed by atoms with Crippen LogP contribution in [0.2, 0.25) is 0 Å². The molecule has 2 aromatic rings. The maximum absolute atomic E-state index is 12.4. The van der Waals surface area contributed by atoms with Crippen LogP contribution < -0.4 is 14.9 Å². The van der Waals surface area contributed by atoms with Crippen molar-refractivity contribution in [1.29, 1.82) is 0 Å². The third-order valence-corrected chi connectivity index (χ3v) is 6.69. The summed E-state index contributed by atoms with van der Waals surface area (Å²) in [6.45, 7) is 6.89. The molecular weight excluding hydrogens is 414 g/mol. The van der Waals surface area contributed by atoms with Gasteiger partial charge in [-0.15, -0.1) is 0 Å². The van der Waals surface area contributed by atoms with Gasteiger partial charge in [0, 0.05) is 37.3 Å². The second kappa shape index (κ2) is 9.20. The fraction of sp³-hybridized carbons (Fsp3) is 0.391. The second-order valence-corrected chi connectivity index (χ2v) is 10.4. The minimum Gasteiger partial charge on any atom is -0.326 e. The van der Waals surface area contributed by atoms with E-state index in [4.69, 9.17) is 0 Å². The lowest BCUT2D eigenvalue weighted by Crippen LogP contribution is -2.28. The van der Waals surface area contributed by atoms with E-state index < -0.39 is 10.0 Å². The Balaban J connectivity index is 1.50. The van der Waals surface area contributed by atoms with E-state index in [9.17, 15) is 18.0 Å². The van der Waals surface area contributed by atoms with Crippen molar-refractivity contribution in [3.8, 4) is 0 Å². The molecule has 8 heteroatoms. The van der Waals surface area contributed by atoms with Crippen molar-refractivity contribution in [1.82, 2.24) is 4.72 Å². The third kappa shape index (κ3) is 5.92. The van der Waals surface area contributed by atoms with Crippen LogP contribution in [0.15, 0.2) is 53.4 Å². The predicted octanol–water partition coefficient (Wildman–Crippen LogP) is 3.42. The molecule has 2 N–H and O–H groups in total. The van der Waals surface area contributed by atoms with Gasteiger partial charge in [-0.2, -0.15) is 0 Å². The van der Waals surface area contributed by atoms with Gasteiger partial charge >= 0.3 is 0 Å². The third-order valence-electron chi connectivity index (χ3n) is 5.21. The highest BCUT2D eigenvalue weighted by atomic mass is 32.2. The first kappa shape index (κ1) is 23.0.